The number of hydrogen-bond acceptors (Lipinski definition) is 5. The van der Waals surface area contributed by atoms with Gasteiger partial charge in [-0.05, 0) is 89.9 Å². The van der Waals surface area contributed by atoms with E-state index in [9.17, 15) is 14.7 Å². The third-order valence-corrected chi connectivity index (χ3v) is 9.36. The average Bonchev–Trinajstić information content (AvgIpc) is 3.20. The predicted molar refractivity (Wildman–Crippen MR) is 242 cm³/mol. The Balaban J connectivity index is 3.63. The van der Waals surface area contributed by atoms with Crippen LogP contribution in [0.3, 0.4) is 0 Å². The Labute approximate surface area is 345 Å². The number of allylic oxidation sites excluding steroid dienone is 16. The molecule has 0 aliphatic rings. The largest absolute Gasteiger partial charge is 0.462 e. The van der Waals surface area contributed by atoms with Crippen molar-refractivity contribution >= 4 is 11.9 Å². The lowest BCUT2D eigenvalue weighted by Gasteiger charge is -2.15. The molecule has 0 rings (SSSR count). The summed E-state index contributed by atoms with van der Waals surface area (Å²) in [4.78, 5) is 24.3. The molecule has 0 aromatic rings. The summed E-state index contributed by atoms with van der Waals surface area (Å²) in [6.07, 6.45) is 64.9. The minimum atomic E-state index is -0.809. The highest BCUT2D eigenvalue weighted by molar-refractivity contribution is 5.70. The maximum atomic E-state index is 12.2. The first kappa shape index (κ1) is 52.8. The maximum Gasteiger partial charge on any atom is 0.306 e. The monoisotopic (exact) mass is 777 g/mol. The number of carbonyl (C=O) groups excluding carboxylic acids is 2. The number of rotatable bonds is 40. The molecule has 1 unspecified atom stereocenters. The van der Waals surface area contributed by atoms with E-state index in [1.807, 2.05) is 0 Å². The van der Waals surface area contributed by atoms with Crippen LogP contribution in [-0.2, 0) is 19.1 Å². The van der Waals surface area contributed by atoms with Crippen LogP contribution in [0.2, 0.25) is 0 Å². The molecule has 0 fully saturated rings. The van der Waals surface area contributed by atoms with Crippen molar-refractivity contribution in [2.75, 3.05) is 13.2 Å². The van der Waals surface area contributed by atoms with Crippen molar-refractivity contribution in [2.45, 2.75) is 200 Å². The van der Waals surface area contributed by atoms with Crippen molar-refractivity contribution < 1.29 is 24.2 Å². The Hall–Kier alpha value is -3.18. The van der Waals surface area contributed by atoms with Gasteiger partial charge in [0, 0.05) is 12.8 Å². The summed E-state index contributed by atoms with van der Waals surface area (Å²) >= 11 is 0. The van der Waals surface area contributed by atoms with Gasteiger partial charge < -0.3 is 14.6 Å². The van der Waals surface area contributed by atoms with Gasteiger partial charge in [-0.3, -0.25) is 9.59 Å². The second-order valence-electron chi connectivity index (χ2n) is 14.7. The van der Waals surface area contributed by atoms with Crippen LogP contribution >= 0.6 is 0 Å². The van der Waals surface area contributed by atoms with Crippen molar-refractivity contribution in [1.29, 1.82) is 0 Å². The lowest BCUT2D eigenvalue weighted by Crippen LogP contribution is -2.28. The van der Waals surface area contributed by atoms with Gasteiger partial charge in [0.2, 0.25) is 0 Å². The molecule has 56 heavy (non-hydrogen) atoms. The van der Waals surface area contributed by atoms with Crippen molar-refractivity contribution in [2.24, 2.45) is 0 Å². The minimum absolute atomic E-state index is 0.0963. The quantitative estimate of drug-likeness (QED) is 0.0381. The number of aliphatic hydroxyl groups excluding tert-OH is 1. The molecule has 5 nitrogen and oxygen atoms in total. The van der Waals surface area contributed by atoms with Crippen molar-refractivity contribution in [1.82, 2.24) is 0 Å². The molecule has 0 aliphatic carbocycles. The van der Waals surface area contributed by atoms with E-state index in [1.165, 1.54) is 89.9 Å². The van der Waals surface area contributed by atoms with Crippen LogP contribution in [0.25, 0.3) is 0 Å². The number of aliphatic hydroxyl groups is 1. The summed E-state index contributed by atoms with van der Waals surface area (Å²) in [5.41, 5.74) is 0. The number of esters is 2. The summed E-state index contributed by atoms with van der Waals surface area (Å²) in [5, 5.41) is 9.58. The Kier molecular flexibility index (Phi) is 43.6. The lowest BCUT2D eigenvalue weighted by molar-refractivity contribution is -0.161. The van der Waals surface area contributed by atoms with Gasteiger partial charge in [0.15, 0.2) is 6.10 Å². The second-order valence-corrected chi connectivity index (χ2v) is 14.7. The van der Waals surface area contributed by atoms with E-state index < -0.39 is 6.10 Å². The number of hydrogen-bond donors (Lipinski definition) is 1. The van der Waals surface area contributed by atoms with Crippen molar-refractivity contribution in [3.8, 4) is 0 Å². The van der Waals surface area contributed by atoms with Crippen LogP contribution in [0.4, 0.5) is 0 Å². The minimum Gasteiger partial charge on any atom is -0.462 e. The molecular weight excluding hydrogens is 693 g/mol. The van der Waals surface area contributed by atoms with E-state index >= 15 is 0 Å². The predicted octanol–water partition coefficient (Wildman–Crippen LogP) is 14.8. The Morgan fingerprint density at radius 2 is 0.786 bits per heavy atom. The molecule has 5 heteroatoms. The first-order valence-electron chi connectivity index (χ1n) is 22.8. The van der Waals surface area contributed by atoms with E-state index in [1.54, 1.807) is 0 Å². The highest BCUT2D eigenvalue weighted by atomic mass is 16.6. The number of carbonyl (C=O) groups is 2. The van der Waals surface area contributed by atoms with Crippen molar-refractivity contribution in [3.63, 3.8) is 0 Å². The van der Waals surface area contributed by atoms with Crippen molar-refractivity contribution in [3.05, 3.63) is 97.2 Å². The third kappa shape index (κ3) is 43.5. The van der Waals surface area contributed by atoms with E-state index in [4.69, 9.17) is 9.47 Å². The molecule has 0 heterocycles. The van der Waals surface area contributed by atoms with E-state index in [2.05, 4.69) is 111 Å². The maximum absolute atomic E-state index is 12.2. The Bertz CT molecular complexity index is 1110. The lowest BCUT2D eigenvalue weighted by atomic mass is 10.1. The number of ether oxygens (including phenoxy) is 2. The van der Waals surface area contributed by atoms with Crippen LogP contribution in [0.5, 0.6) is 0 Å². The van der Waals surface area contributed by atoms with Gasteiger partial charge in [-0.25, -0.2) is 0 Å². The van der Waals surface area contributed by atoms with Gasteiger partial charge in [0.25, 0.3) is 0 Å². The summed E-state index contributed by atoms with van der Waals surface area (Å²) in [6, 6.07) is 0. The summed E-state index contributed by atoms with van der Waals surface area (Å²) < 4.78 is 10.6. The van der Waals surface area contributed by atoms with Crippen LogP contribution in [0, 0.1) is 0 Å². The molecule has 0 saturated carbocycles. The van der Waals surface area contributed by atoms with E-state index in [0.29, 0.717) is 12.8 Å². The molecule has 318 valence electrons. The molecular formula is C51H84O5. The summed E-state index contributed by atoms with van der Waals surface area (Å²) in [6.45, 7) is 3.95. The zero-order valence-corrected chi connectivity index (χ0v) is 36.1. The van der Waals surface area contributed by atoms with Gasteiger partial charge in [-0.2, -0.15) is 0 Å². The van der Waals surface area contributed by atoms with Gasteiger partial charge >= 0.3 is 11.9 Å². The number of unbranched alkanes of at least 4 members (excludes halogenated alkanes) is 16. The standard InChI is InChI=1S/C51H84O5/c1-3-5-7-9-11-13-15-17-19-21-22-23-24-25-26-27-28-30-31-33-35-37-39-41-43-45-50(53)55-48-49(47-52)56-51(54)46-44-42-40-38-36-34-32-29-20-18-16-14-12-10-8-6-4-2/h6,8,12,14-15,17-18,20-22,24-25,32,34,38,40,49,52H,3-5,7,9-11,13,16,19,23,26-31,33,35-37,39,41-48H2,1-2H3/b8-6-,14-12-,17-15-,20-18-,22-21-,25-24-,34-32-,40-38-. The van der Waals surface area contributed by atoms with Gasteiger partial charge in [-0.15, -0.1) is 0 Å². The van der Waals surface area contributed by atoms with Gasteiger partial charge in [0.1, 0.15) is 6.61 Å². The average molecular weight is 777 g/mol. The van der Waals surface area contributed by atoms with E-state index in [-0.39, 0.29) is 31.6 Å². The molecule has 0 saturated heterocycles. The normalized spacial score (nSPS) is 13.1. The zero-order valence-electron chi connectivity index (χ0n) is 36.1. The van der Waals surface area contributed by atoms with E-state index in [0.717, 1.165) is 70.6 Å². The topological polar surface area (TPSA) is 72.8 Å². The summed E-state index contributed by atoms with van der Waals surface area (Å²) in [5.74, 6) is -0.670. The molecule has 0 bridgehead atoms. The Morgan fingerprint density at radius 1 is 0.429 bits per heavy atom. The summed E-state index contributed by atoms with van der Waals surface area (Å²) in [7, 11) is 0. The highest BCUT2D eigenvalue weighted by Gasteiger charge is 2.16. The zero-order chi connectivity index (χ0) is 40.7. The fourth-order valence-electron chi connectivity index (χ4n) is 5.95. The second kappa shape index (κ2) is 46.2. The third-order valence-electron chi connectivity index (χ3n) is 9.36. The van der Waals surface area contributed by atoms with Crippen LogP contribution in [0.1, 0.15) is 194 Å². The molecule has 0 aliphatic heterocycles. The van der Waals surface area contributed by atoms with Crippen LogP contribution in [0.15, 0.2) is 97.2 Å². The van der Waals surface area contributed by atoms with Gasteiger partial charge in [0.05, 0.1) is 6.61 Å². The van der Waals surface area contributed by atoms with Crippen LogP contribution < -0.4 is 0 Å². The molecule has 0 amide bonds. The smallest absolute Gasteiger partial charge is 0.306 e. The Morgan fingerprint density at radius 3 is 1.21 bits per heavy atom. The molecule has 0 aromatic carbocycles. The molecule has 0 spiro atoms. The first-order chi connectivity index (χ1) is 27.6. The molecule has 0 aromatic heterocycles. The first-order valence-corrected chi connectivity index (χ1v) is 22.8. The molecule has 0 radical (unpaired) electrons. The van der Waals surface area contributed by atoms with Gasteiger partial charge in [-0.1, -0.05) is 188 Å². The fraction of sp³-hybridized carbons (Fsp3) is 0.647. The highest BCUT2D eigenvalue weighted by Crippen LogP contribution is 2.13. The molecule has 1 N–H and O–H groups in total. The van der Waals surface area contributed by atoms with Crippen LogP contribution in [-0.4, -0.2) is 36.4 Å². The molecule has 1 atom stereocenters. The SMILES string of the molecule is CC/C=C\C/C=C\C/C=C\C/C=C\C/C=C\CCCC(=O)OC(CO)COC(=O)CCCCCCCCCCCC/C=C\C/C=C\C/C=C\CCCCCCC. The fourth-order valence-corrected chi connectivity index (χ4v) is 5.95.